The van der Waals surface area contributed by atoms with Gasteiger partial charge in [-0.05, 0) is 27.2 Å². The molecule has 0 saturated carbocycles. The van der Waals surface area contributed by atoms with E-state index >= 15 is 0 Å². The average molecular weight is 201 g/mol. The predicted molar refractivity (Wildman–Crippen MR) is 51.3 cm³/mol. The molecule has 0 saturated heterocycles. The molecule has 0 aliphatic heterocycles. The highest BCUT2D eigenvalue weighted by atomic mass is 16.6. The zero-order valence-electron chi connectivity index (χ0n) is 9.12. The second-order valence-corrected chi connectivity index (χ2v) is 3.83. The Morgan fingerprint density at radius 3 is 2.50 bits per heavy atom. The molecule has 0 aliphatic rings. The van der Waals surface area contributed by atoms with Gasteiger partial charge in [-0.2, -0.15) is 0 Å². The lowest BCUT2D eigenvalue weighted by Crippen LogP contribution is -2.29. The fraction of sp³-hybridized carbons (Fsp3) is 0.800. The third kappa shape index (κ3) is 5.56. The normalized spacial score (nSPS) is 13.1. The monoisotopic (exact) mass is 201 g/mol. The summed E-state index contributed by atoms with van der Waals surface area (Å²) >= 11 is 0. The van der Waals surface area contributed by atoms with E-state index in [2.05, 4.69) is 4.74 Å². The van der Waals surface area contributed by atoms with Gasteiger partial charge < -0.3 is 9.47 Å². The van der Waals surface area contributed by atoms with Crippen LogP contribution >= 0.6 is 0 Å². The van der Waals surface area contributed by atoms with Crippen LogP contribution in [0.5, 0.6) is 0 Å². The molecular weight excluding hydrogens is 184 g/mol. The lowest BCUT2D eigenvalue weighted by atomic mass is 10.1. The van der Waals surface area contributed by atoms with Gasteiger partial charge in [0.1, 0.15) is 5.60 Å². The average Bonchev–Trinajstić information content (AvgIpc) is 2.02. The SMILES string of the molecule is CCC(C)OC(=O)CC(C)(C)O[C]=O. The van der Waals surface area contributed by atoms with Crippen LogP contribution in [-0.4, -0.2) is 24.1 Å². The van der Waals surface area contributed by atoms with Crippen LogP contribution < -0.4 is 0 Å². The number of carbonyl (C=O) groups is 1. The first-order valence-corrected chi connectivity index (χ1v) is 4.66. The van der Waals surface area contributed by atoms with Crippen LogP contribution in [0.1, 0.15) is 40.5 Å². The molecule has 0 aliphatic carbocycles. The van der Waals surface area contributed by atoms with Crippen molar-refractivity contribution >= 4 is 12.4 Å². The van der Waals surface area contributed by atoms with Crippen molar-refractivity contribution in [1.29, 1.82) is 0 Å². The molecule has 0 fully saturated rings. The van der Waals surface area contributed by atoms with Gasteiger partial charge in [0.2, 0.25) is 0 Å². The molecule has 0 rings (SSSR count). The van der Waals surface area contributed by atoms with Gasteiger partial charge >= 0.3 is 12.4 Å². The maximum absolute atomic E-state index is 11.3. The van der Waals surface area contributed by atoms with Crippen LogP contribution in [0.25, 0.3) is 0 Å². The maximum atomic E-state index is 11.3. The van der Waals surface area contributed by atoms with E-state index in [1.807, 2.05) is 13.8 Å². The molecule has 0 N–H and O–H groups in total. The van der Waals surface area contributed by atoms with Crippen molar-refractivity contribution in [3.8, 4) is 0 Å². The summed E-state index contributed by atoms with van der Waals surface area (Å²) in [7, 11) is 0. The number of rotatable bonds is 6. The van der Waals surface area contributed by atoms with Gasteiger partial charge in [0.25, 0.3) is 0 Å². The Bertz CT molecular complexity index is 198. The molecule has 81 valence electrons. The van der Waals surface area contributed by atoms with Gasteiger partial charge in [-0.15, -0.1) is 0 Å². The van der Waals surface area contributed by atoms with Gasteiger partial charge in [-0.3, -0.25) is 4.79 Å². The van der Waals surface area contributed by atoms with E-state index in [9.17, 15) is 9.59 Å². The van der Waals surface area contributed by atoms with Crippen molar-refractivity contribution in [2.75, 3.05) is 0 Å². The fourth-order valence-electron chi connectivity index (χ4n) is 0.846. The number of hydrogen-bond acceptors (Lipinski definition) is 4. The van der Waals surface area contributed by atoms with E-state index in [1.165, 1.54) is 6.47 Å². The lowest BCUT2D eigenvalue weighted by molar-refractivity contribution is -0.152. The Morgan fingerprint density at radius 1 is 1.50 bits per heavy atom. The van der Waals surface area contributed by atoms with Crippen LogP contribution in [0.4, 0.5) is 0 Å². The Kier molecular flexibility index (Phi) is 5.20. The molecule has 4 heteroatoms. The van der Waals surface area contributed by atoms with Crippen molar-refractivity contribution in [3.05, 3.63) is 0 Å². The molecule has 0 aromatic carbocycles. The smallest absolute Gasteiger partial charge is 0.418 e. The van der Waals surface area contributed by atoms with Gasteiger partial charge in [-0.1, -0.05) is 6.92 Å². The number of carbonyl (C=O) groups excluding carboxylic acids is 2. The van der Waals surface area contributed by atoms with Gasteiger partial charge in [-0.25, -0.2) is 4.79 Å². The number of hydrogen-bond donors (Lipinski definition) is 0. The van der Waals surface area contributed by atoms with E-state index in [1.54, 1.807) is 13.8 Å². The van der Waals surface area contributed by atoms with E-state index in [0.29, 0.717) is 0 Å². The first kappa shape index (κ1) is 12.9. The van der Waals surface area contributed by atoms with Crippen LogP contribution in [0.15, 0.2) is 0 Å². The largest absolute Gasteiger partial charge is 0.463 e. The summed E-state index contributed by atoms with van der Waals surface area (Å²) in [5, 5.41) is 0. The van der Waals surface area contributed by atoms with Gasteiger partial charge in [0.15, 0.2) is 0 Å². The Balaban J connectivity index is 3.98. The van der Waals surface area contributed by atoms with Crippen LogP contribution in [-0.2, 0) is 19.1 Å². The lowest BCUT2D eigenvalue weighted by Gasteiger charge is -2.21. The van der Waals surface area contributed by atoms with E-state index < -0.39 is 5.60 Å². The summed E-state index contributed by atoms with van der Waals surface area (Å²) in [6, 6.07) is 0. The van der Waals surface area contributed by atoms with Crippen molar-refractivity contribution in [2.24, 2.45) is 0 Å². The molecule has 1 radical (unpaired) electrons. The Morgan fingerprint density at radius 2 is 2.07 bits per heavy atom. The minimum atomic E-state index is -0.841. The highest BCUT2D eigenvalue weighted by Crippen LogP contribution is 2.14. The molecule has 0 aromatic heterocycles. The second-order valence-electron chi connectivity index (χ2n) is 3.83. The highest BCUT2D eigenvalue weighted by molar-refractivity contribution is 5.71. The topological polar surface area (TPSA) is 52.6 Å². The van der Waals surface area contributed by atoms with Crippen molar-refractivity contribution < 1.29 is 19.1 Å². The first-order chi connectivity index (χ1) is 6.41. The quantitative estimate of drug-likeness (QED) is 0.612. The van der Waals surface area contributed by atoms with Crippen molar-refractivity contribution in [3.63, 3.8) is 0 Å². The summed E-state index contributed by atoms with van der Waals surface area (Å²) in [6.45, 7) is 8.34. The minimum absolute atomic E-state index is 0.0482. The van der Waals surface area contributed by atoms with Crippen molar-refractivity contribution in [2.45, 2.75) is 52.2 Å². The maximum Gasteiger partial charge on any atom is 0.418 e. The van der Waals surface area contributed by atoms with E-state index in [4.69, 9.17) is 4.74 Å². The highest BCUT2D eigenvalue weighted by Gasteiger charge is 2.25. The molecular formula is C10H17O4. The first-order valence-electron chi connectivity index (χ1n) is 4.66. The third-order valence-electron chi connectivity index (χ3n) is 1.80. The van der Waals surface area contributed by atoms with E-state index in [-0.39, 0.29) is 18.5 Å². The molecule has 0 bridgehead atoms. The van der Waals surface area contributed by atoms with Gasteiger partial charge in [0, 0.05) is 0 Å². The van der Waals surface area contributed by atoms with Gasteiger partial charge in [0.05, 0.1) is 12.5 Å². The summed E-state index contributed by atoms with van der Waals surface area (Å²) in [5.41, 5.74) is -0.841. The Labute approximate surface area is 84.6 Å². The Hall–Kier alpha value is -1.06. The number of ether oxygens (including phenoxy) is 2. The zero-order valence-corrected chi connectivity index (χ0v) is 9.12. The molecule has 0 aromatic rings. The minimum Gasteiger partial charge on any atom is -0.463 e. The summed E-state index contributed by atoms with van der Waals surface area (Å²) in [5.74, 6) is -0.361. The standard InChI is InChI=1S/C10H17O4/c1-5-8(2)14-9(12)6-10(3,4)13-7-11/h8H,5-6H2,1-4H3. The zero-order chi connectivity index (χ0) is 11.2. The molecule has 4 nitrogen and oxygen atoms in total. The van der Waals surface area contributed by atoms with Crippen LogP contribution in [0, 0.1) is 0 Å². The molecule has 0 spiro atoms. The molecule has 0 heterocycles. The van der Waals surface area contributed by atoms with Crippen molar-refractivity contribution in [1.82, 2.24) is 0 Å². The second kappa shape index (κ2) is 5.62. The summed E-state index contributed by atoms with van der Waals surface area (Å²) in [4.78, 5) is 21.3. The number of esters is 1. The fourth-order valence-corrected chi connectivity index (χ4v) is 0.846. The molecule has 1 unspecified atom stereocenters. The summed E-state index contributed by atoms with van der Waals surface area (Å²) in [6.07, 6.45) is 0.720. The molecule has 14 heavy (non-hydrogen) atoms. The van der Waals surface area contributed by atoms with E-state index in [0.717, 1.165) is 6.42 Å². The van der Waals surface area contributed by atoms with Crippen LogP contribution in [0.3, 0.4) is 0 Å². The molecule has 0 amide bonds. The third-order valence-corrected chi connectivity index (χ3v) is 1.80. The molecule has 1 atom stereocenters. The predicted octanol–water partition coefficient (Wildman–Crippen LogP) is 1.58. The van der Waals surface area contributed by atoms with Crippen LogP contribution in [0.2, 0.25) is 0 Å². The summed E-state index contributed by atoms with van der Waals surface area (Å²) < 4.78 is 9.64.